The number of H-pyrrole nitrogens is 1. The number of rotatable bonds is 3. The van der Waals surface area contributed by atoms with E-state index in [2.05, 4.69) is 15.3 Å². The number of ether oxygens (including phenoxy) is 1. The van der Waals surface area contributed by atoms with Crippen LogP contribution < -0.4 is 5.32 Å². The molecular weight excluding hydrogens is 290 g/mol. The number of hydrogen-bond acceptors (Lipinski definition) is 5. The predicted molar refractivity (Wildman–Crippen MR) is 73.7 cm³/mol. The summed E-state index contributed by atoms with van der Waals surface area (Å²) in [6.45, 7) is 2.70. The molecule has 9 heteroatoms. The van der Waals surface area contributed by atoms with Gasteiger partial charge in [-0.3, -0.25) is 14.5 Å². The van der Waals surface area contributed by atoms with E-state index in [4.69, 9.17) is 4.74 Å². The first kappa shape index (κ1) is 14.5. The molecule has 0 bridgehead atoms. The summed E-state index contributed by atoms with van der Waals surface area (Å²) in [4.78, 5) is 45.5. The highest BCUT2D eigenvalue weighted by Crippen LogP contribution is 2.22. The molecule has 2 aliphatic heterocycles. The molecule has 0 aliphatic carbocycles. The maximum atomic E-state index is 12.5. The van der Waals surface area contributed by atoms with Crippen molar-refractivity contribution >= 4 is 17.8 Å². The van der Waals surface area contributed by atoms with Crippen LogP contribution in [0.25, 0.3) is 0 Å². The molecule has 0 unspecified atom stereocenters. The third kappa shape index (κ3) is 2.67. The molecule has 1 atom stereocenters. The minimum atomic E-state index is -0.531. The van der Waals surface area contributed by atoms with Gasteiger partial charge in [0.1, 0.15) is 18.4 Å². The van der Waals surface area contributed by atoms with Crippen molar-refractivity contribution in [3.63, 3.8) is 0 Å². The summed E-state index contributed by atoms with van der Waals surface area (Å²) in [6.07, 6.45) is 1.68. The zero-order valence-electron chi connectivity index (χ0n) is 12.2. The lowest BCUT2D eigenvalue weighted by Gasteiger charge is -2.35. The Morgan fingerprint density at radius 1 is 1.50 bits per heavy atom. The van der Waals surface area contributed by atoms with Gasteiger partial charge in [0, 0.05) is 18.4 Å². The lowest BCUT2D eigenvalue weighted by atomic mass is 10.2. The Balaban J connectivity index is 1.74. The van der Waals surface area contributed by atoms with E-state index >= 15 is 0 Å². The van der Waals surface area contributed by atoms with Crippen LogP contribution in [-0.2, 0) is 14.3 Å². The molecule has 0 saturated carbocycles. The van der Waals surface area contributed by atoms with Gasteiger partial charge in [0.15, 0.2) is 0 Å². The van der Waals surface area contributed by atoms with Crippen LogP contribution in [0, 0.1) is 6.92 Å². The molecule has 0 spiro atoms. The maximum absolute atomic E-state index is 12.5. The van der Waals surface area contributed by atoms with Gasteiger partial charge in [0.05, 0.1) is 19.8 Å². The minimum absolute atomic E-state index is 0.0595. The van der Waals surface area contributed by atoms with Crippen LogP contribution >= 0.6 is 0 Å². The Morgan fingerprint density at radius 3 is 2.95 bits per heavy atom. The van der Waals surface area contributed by atoms with E-state index in [1.807, 2.05) is 6.92 Å². The summed E-state index contributed by atoms with van der Waals surface area (Å²) in [7, 11) is 0. The van der Waals surface area contributed by atoms with Gasteiger partial charge < -0.3 is 19.9 Å². The van der Waals surface area contributed by atoms with Crippen LogP contribution in [0.4, 0.5) is 4.79 Å². The second-order valence-corrected chi connectivity index (χ2v) is 5.27. The first-order valence-electron chi connectivity index (χ1n) is 7.03. The number of hydrogen-bond donors (Lipinski definition) is 2. The zero-order valence-corrected chi connectivity index (χ0v) is 12.2. The monoisotopic (exact) mass is 307 g/mol. The van der Waals surface area contributed by atoms with Crippen LogP contribution in [0.2, 0.25) is 0 Å². The predicted octanol–water partition coefficient (Wildman–Crippen LogP) is -0.830. The number of aromatic nitrogens is 2. The van der Waals surface area contributed by atoms with Gasteiger partial charge in [-0.1, -0.05) is 0 Å². The van der Waals surface area contributed by atoms with E-state index in [0.717, 1.165) is 10.6 Å². The summed E-state index contributed by atoms with van der Waals surface area (Å²) in [5.41, 5.74) is 0.891. The highest BCUT2D eigenvalue weighted by atomic mass is 16.5. The third-order valence-electron chi connectivity index (χ3n) is 3.72. The van der Waals surface area contributed by atoms with Crippen LogP contribution in [0.15, 0.2) is 6.20 Å². The van der Waals surface area contributed by atoms with E-state index in [0.29, 0.717) is 25.6 Å². The summed E-state index contributed by atoms with van der Waals surface area (Å²) in [6, 6.07) is -0.868. The Morgan fingerprint density at radius 2 is 2.32 bits per heavy atom. The number of imidazole rings is 1. The molecule has 4 amide bonds. The Kier molecular flexibility index (Phi) is 3.80. The molecule has 2 saturated heterocycles. The summed E-state index contributed by atoms with van der Waals surface area (Å²) in [5, 5.41) is 2.40. The average Bonchev–Trinajstić information content (AvgIpc) is 3.08. The Hall–Kier alpha value is -2.42. The lowest BCUT2D eigenvalue weighted by molar-refractivity contribution is -0.143. The molecule has 3 heterocycles. The van der Waals surface area contributed by atoms with Gasteiger partial charge in [-0.15, -0.1) is 0 Å². The van der Waals surface area contributed by atoms with Crippen molar-refractivity contribution in [2.45, 2.75) is 13.0 Å². The van der Waals surface area contributed by atoms with Crippen molar-refractivity contribution in [1.29, 1.82) is 0 Å². The fourth-order valence-corrected chi connectivity index (χ4v) is 2.57. The van der Waals surface area contributed by atoms with E-state index in [1.54, 1.807) is 11.1 Å². The van der Waals surface area contributed by atoms with Gasteiger partial charge >= 0.3 is 6.03 Å². The zero-order chi connectivity index (χ0) is 15.7. The number of aryl methyl sites for hydroxylation is 1. The highest BCUT2D eigenvalue weighted by molar-refractivity contribution is 6.04. The van der Waals surface area contributed by atoms with E-state index < -0.39 is 11.9 Å². The maximum Gasteiger partial charge on any atom is 0.325 e. The molecular formula is C13H17N5O4. The van der Waals surface area contributed by atoms with Crippen molar-refractivity contribution in [3.05, 3.63) is 17.7 Å². The number of aromatic amines is 1. The number of carbonyl (C=O) groups excluding carboxylic acids is 3. The molecule has 22 heavy (non-hydrogen) atoms. The first-order valence-corrected chi connectivity index (χ1v) is 7.03. The molecule has 0 radical (unpaired) electrons. The topological polar surface area (TPSA) is 108 Å². The number of urea groups is 1. The van der Waals surface area contributed by atoms with Gasteiger partial charge in [-0.05, 0) is 6.92 Å². The summed E-state index contributed by atoms with van der Waals surface area (Å²) < 4.78 is 5.42. The van der Waals surface area contributed by atoms with Crippen molar-refractivity contribution in [2.24, 2.45) is 0 Å². The minimum Gasteiger partial charge on any atom is -0.377 e. The van der Waals surface area contributed by atoms with Gasteiger partial charge in [0.25, 0.3) is 5.91 Å². The number of nitrogens with zero attached hydrogens (tertiary/aromatic N) is 3. The largest absolute Gasteiger partial charge is 0.377 e. The normalized spacial score (nSPS) is 22.1. The van der Waals surface area contributed by atoms with Crippen LogP contribution in [0.5, 0.6) is 0 Å². The van der Waals surface area contributed by atoms with Crippen molar-refractivity contribution in [3.8, 4) is 0 Å². The van der Waals surface area contributed by atoms with E-state index in [1.165, 1.54) is 0 Å². The first-order chi connectivity index (χ1) is 10.6. The molecule has 0 aromatic carbocycles. The molecule has 2 N–H and O–H groups in total. The summed E-state index contributed by atoms with van der Waals surface area (Å²) in [5.74, 6) is -0.0486. The number of imide groups is 1. The van der Waals surface area contributed by atoms with Crippen LogP contribution in [0.1, 0.15) is 17.6 Å². The molecule has 3 rings (SSSR count). The Labute approximate surface area is 126 Å². The number of carbonyl (C=O) groups is 3. The second-order valence-electron chi connectivity index (χ2n) is 5.27. The molecule has 118 valence electrons. The van der Waals surface area contributed by atoms with E-state index in [9.17, 15) is 14.4 Å². The molecule has 1 aromatic rings. The Bertz CT molecular complexity index is 597. The van der Waals surface area contributed by atoms with Crippen molar-refractivity contribution in [1.82, 2.24) is 25.1 Å². The van der Waals surface area contributed by atoms with Gasteiger partial charge in [-0.25, -0.2) is 9.78 Å². The second kappa shape index (κ2) is 5.76. The van der Waals surface area contributed by atoms with Gasteiger partial charge in [-0.2, -0.15) is 0 Å². The smallest absolute Gasteiger partial charge is 0.325 e. The molecule has 2 fully saturated rings. The van der Waals surface area contributed by atoms with Crippen LogP contribution in [0.3, 0.4) is 0 Å². The summed E-state index contributed by atoms with van der Waals surface area (Å²) >= 11 is 0. The number of amides is 4. The standard InChI is InChI=1S/C13H17N5O4/c1-8-4-14-12(16-8)9-7-22-3-2-17(9)11(20)6-18-10(19)5-15-13(18)21/h4,9H,2-3,5-7H2,1H3,(H,14,16)(H,15,21)/t9-/m0/s1. The quantitative estimate of drug-likeness (QED) is 0.709. The molecule has 2 aliphatic rings. The number of nitrogens with one attached hydrogen (secondary N) is 2. The molecule has 9 nitrogen and oxygen atoms in total. The molecule has 1 aromatic heterocycles. The number of morpholine rings is 1. The average molecular weight is 307 g/mol. The van der Waals surface area contributed by atoms with Crippen molar-refractivity contribution < 1.29 is 19.1 Å². The van der Waals surface area contributed by atoms with Crippen LogP contribution in [-0.4, -0.2) is 70.5 Å². The SMILES string of the molecule is Cc1cnc([C@@H]2COCCN2C(=O)CN2C(=O)CNC2=O)[nH]1. The highest BCUT2D eigenvalue weighted by Gasteiger charge is 2.35. The fraction of sp³-hybridized carbons (Fsp3) is 0.538. The van der Waals surface area contributed by atoms with Gasteiger partial charge in [0.2, 0.25) is 5.91 Å². The fourth-order valence-electron chi connectivity index (χ4n) is 2.57. The van der Waals surface area contributed by atoms with E-state index in [-0.39, 0.29) is 25.0 Å². The third-order valence-corrected chi connectivity index (χ3v) is 3.72. The lowest BCUT2D eigenvalue weighted by Crippen LogP contribution is -2.49. The van der Waals surface area contributed by atoms with Crippen molar-refractivity contribution in [2.75, 3.05) is 32.8 Å².